The molecule has 4 nitrogen and oxygen atoms in total. The van der Waals surface area contributed by atoms with Crippen molar-refractivity contribution in [2.75, 3.05) is 25.0 Å². The number of nitrogens with zero attached hydrogens (tertiary/aromatic N) is 1. The molecule has 0 saturated carbocycles. The van der Waals surface area contributed by atoms with E-state index in [4.69, 9.17) is 11.6 Å². The molecule has 0 aliphatic heterocycles. The zero-order valence-electron chi connectivity index (χ0n) is 12.7. The first kappa shape index (κ1) is 17.8. The minimum absolute atomic E-state index is 0.179. The van der Waals surface area contributed by atoms with Gasteiger partial charge in [-0.2, -0.15) is 0 Å². The van der Waals surface area contributed by atoms with Crippen molar-refractivity contribution in [2.45, 2.75) is 6.10 Å². The Kier molecular flexibility index (Phi) is 6.45. The van der Waals surface area contributed by atoms with Crippen LogP contribution in [0.2, 0.25) is 5.02 Å². The van der Waals surface area contributed by atoms with Crippen LogP contribution in [0.5, 0.6) is 0 Å². The number of carbonyl (C=O) groups is 1. The smallest absolute Gasteiger partial charge is 0.252 e. The summed E-state index contributed by atoms with van der Waals surface area (Å²) in [4.78, 5) is 14.0. The van der Waals surface area contributed by atoms with Gasteiger partial charge in [0.1, 0.15) is 0 Å². The molecule has 0 saturated heterocycles. The second kappa shape index (κ2) is 8.34. The number of likely N-dealkylation sites (N-methyl/N-ethyl adjacent to an activating group) is 1. The van der Waals surface area contributed by atoms with Crippen molar-refractivity contribution in [3.63, 3.8) is 0 Å². The molecule has 0 heterocycles. The predicted octanol–water partition coefficient (Wildman–Crippen LogP) is 3.33. The number of carbonyl (C=O) groups excluding carboxylic acids is 1. The number of hydrogen-bond donors (Lipinski definition) is 2. The van der Waals surface area contributed by atoms with Gasteiger partial charge in [-0.3, -0.25) is 4.79 Å². The SMILES string of the molecule is CN(CC(O)CNC(=O)c1ccccc1Br)c1ccc(Cl)cc1. The minimum Gasteiger partial charge on any atom is -0.389 e. The van der Waals surface area contributed by atoms with Gasteiger partial charge in [0, 0.05) is 35.3 Å². The molecule has 122 valence electrons. The van der Waals surface area contributed by atoms with Gasteiger partial charge in [0.05, 0.1) is 11.7 Å². The Labute approximate surface area is 149 Å². The average Bonchev–Trinajstić information content (AvgIpc) is 2.53. The van der Waals surface area contributed by atoms with Gasteiger partial charge in [0.25, 0.3) is 5.91 Å². The van der Waals surface area contributed by atoms with Crippen LogP contribution in [0.4, 0.5) is 5.69 Å². The first-order valence-electron chi connectivity index (χ1n) is 7.15. The molecular formula is C17H18BrClN2O2. The highest BCUT2D eigenvalue weighted by molar-refractivity contribution is 9.10. The van der Waals surface area contributed by atoms with Gasteiger partial charge in [-0.1, -0.05) is 23.7 Å². The van der Waals surface area contributed by atoms with Gasteiger partial charge in [-0.25, -0.2) is 0 Å². The predicted molar refractivity (Wildman–Crippen MR) is 97.2 cm³/mol. The van der Waals surface area contributed by atoms with Crippen molar-refractivity contribution in [1.82, 2.24) is 5.32 Å². The summed E-state index contributed by atoms with van der Waals surface area (Å²) in [6.45, 7) is 0.579. The van der Waals surface area contributed by atoms with Crippen LogP contribution in [0.1, 0.15) is 10.4 Å². The summed E-state index contributed by atoms with van der Waals surface area (Å²) in [6.07, 6.45) is -0.679. The Hall–Kier alpha value is -1.56. The molecule has 0 aliphatic rings. The Bertz CT molecular complexity index is 664. The number of rotatable bonds is 6. The van der Waals surface area contributed by atoms with Gasteiger partial charge in [0.2, 0.25) is 0 Å². The highest BCUT2D eigenvalue weighted by Gasteiger charge is 2.13. The number of halogens is 2. The summed E-state index contributed by atoms with van der Waals surface area (Å²) in [5, 5.41) is 13.5. The number of aliphatic hydroxyl groups is 1. The van der Waals surface area contributed by atoms with E-state index in [1.165, 1.54) is 0 Å². The van der Waals surface area contributed by atoms with E-state index in [0.717, 1.165) is 10.2 Å². The Morgan fingerprint density at radius 2 is 1.91 bits per heavy atom. The Morgan fingerprint density at radius 1 is 1.26 bits per heavy atom. The van der Waals surface area contributed by atoms with Crippen LogP contribution in [-0.4, -0.2) is 37.3 Å². The lowest BCUT2D eigenvalue weighted by Gasteiger charge is -2.23. The third-order valence-corrected chi connectivity index (χ3v) is 4.31. The fourth-order valence-corrected chi connectivity index (χ4v) is 2.72. The molecule has 0 aliphatic carbocycles. The van der Waals surface area contributed by atoms with Crippen LogP contribution < -0.4 is 10.2 Å². The van der Waals surface area contributed by atoms with Crippen molar-refractivity contribution in [2.24, 2.45) is 0 Å². The zero-order chi connectivity index (χ0) is 16.8. The van der Waals surface area contributed by atoms with Gasteiger partial charge in [-0.15, -0.1) is 0 Å². The largest absolute Gasteiger partial charge is 0.389 e. The number of aliphatic hydroxyl groups excluding tert-OH is 1. The van der Waals surface area contributed by atoms with Crippen LogP contribution in [-0.2, 0) is 0 Å². The first-order valence-corrected chi connectivity index (χ1v) is 8.32. The molecule has 2 aromatic rings. The van der Waals surface area contributed by atoms with Crippen molar-refractivity contribution < 1.29 is 9.90 Å². The maximum absolute atomic E-state index is 12.1. The molecule has 2 rings (SSSR count). The van der Waals surface area contributed by atoms with Crippen LogP contribution in [0, 0.1) is 0 Å². The summed E-state index contributed by atoms with van der Waals surface area (Å²) in [5.41, 5.74) is 1.50. The number of anilines is 1. The lowest BCUT2D eigenvalue weighted by Crippen LogP contribution is -2.39. The van der Waals surface area contributed by atoms with Crippen LogP contribution in [0.3, 0.4) is 0 Å². The fourth-order valence-electron chi connectivity index (χ4n) is 2.13. The molecular weight excluding hydrogens is 380 g/mol. The maximum atomic E-state index is 12.1. The third kappa shape index (κ3) is 5.23. The minimum atomic E-state index is -0.679. The summed E-state index contributed by atoms with van der Waals surface area (Å²) in [6, 6.07) is 14.5. The Balaban J connectivity index is 1.85. The summed E-state index contributed by atoms with van der Waals surface area (Å²) in [5.74, 6) is -0.217. The molecule has 1 unspecified atom stereocenters. The quantitative estimate of drug-likeness (QED) is 0.786. The average molecular weight is 398 g/mol. The standard InChI is InChI=1S/C17H18BrClN2O2/c1-21(13-8-6-12(19)7-9-13)11-14(22)10-20-17(23)15-4-2-3-5-16(15)18/h2-9,14,22H,10-11H2,1H3,(H,20,23). The van der Waals surface area contributed by atoms with Crippen LogP contribution in [0.15, 0.2) is 53.0 Å². The summed E-state index contributed by atoms with van der Waals surface area (Å²) in [7, 11) is 1.88. The zero-order valence-corrected chi connectivity index (χ0v) is 15.0. The van der Waals surface area contributed by atoms with E-state index in [-0.39, 0.29) is 12.5 Å². The van der Waals surface area contributed by atoms with Crippen molar-refractivity contribution in [1.29, 1.82) is 0 Å². The highest BCUT2D eigenvalue weighted by atomic mass is 79.9. The molecule has 0 bridgehead atoms. The van der Waals surface area contributed by atoms with E-state index >= 15 is 0 Å². The second-order valence-corrected chi connectivity index (χ2v) is 6.49. The molecule has 1 amide bonds. The third-order valence-electron chi connectivity index (χ3n) is 3.37. The molecule has 2 aromatic carbocycles. The number of benzene rings is 2. The van der Waals surface area contributed by atoms with E-state index in [0.29, 0.717) is 17.1 Å². The molecule has 0 aromatic heterocycles. The first-order chi connectivity index (χ1) is 11.0. The number of hydrogen-bond acceptors (Lipinski definition) is 3. The van der Waals surface area contributed by atoms with Gasteiger partial charge >= 0.3 is 0 Å². The van der Waals surface area contributed by atoms with E-state index in [2.05, 4.69) is 21.2 Å². The Morgan fingerprint density at radius 3 is 2.57 bits per heavy atom. The van der Waals surface area contributed by atoms with E-state index in [1.54, 1.807) is 30.3 Å². The van der Waals surface area contributed by atoms with Gasteiger partial charge in [-0.05, 0) is 52.3 Å². The highest BCUT2D eigenvalue weighted by Crippen LogP contribution is 2.17. The number of amides is 1. The van der Waals surface area contributed by atoms with Crippen molar-refractivity contribution in [3.8, 4) is 0 Å². The van der Waals surface area contributed by atoms with Crippen molar-refractivity contribution >= 4 is 39.1 Å². The van der Waals surface area contributed by atoms with Gasteiger partial charge in [0.15, 0.2) is 0 Å². The number of nitrogens with one attached hydrogen (secondary N) is 1. The lowest BCUT2D eigenvalue weighted by atomic mass is 10.2. The monoisotopic (exact) mass is 396 g/mol. The second-order valence-electron chi connectivity index (χ2n) is 5.20. The van der Waals surface area contributed by atoms with Crippen LogP contribution >= 0.6 is 27.5 Å². The molecule has 1 atom stereocenters. The lowest BCUT2D eigenvalue weighted by molar-refractivity contribution is 0.0918. The molecule has 2 N–H and O–H groups in total. The summed E-state index contributed by atoms with van der Waals surface area (Å²) < 4.78 is 0.727. The van der Waals surface area contributed by atoms with Crippen LogP contribution in [0.25, 0.3) is 0 Å². The van der Waals surface area contributed by atoms with E-state index < -0.39 is 6.10 Å². The van der Waals surface area contributed by atoms with Crippen molar-refractivity contribution in [3.05, 3.63) is 63.6 Å². The molecule has 0 spiro atoms. The molecule has 6 heteroatoms. The normalized spacial score (nSPS) is 11.8. The van der Waals surface area contributed by atoms with E-state index in [1.807, 2.05) is 30.1 Å². The maximum Gasteiger partial charge on any atom is 0.252 e. The molecule has 23 heavy (non-hydrogen) atoms. The van der Waals surface area contributed by atoms with E-state index in [9.17, 15) is 9.90 Å². The topological polar surface area (TPSA) is 52.6 Å². The molecule has 0 fully saturated rings. The summed E-state index contributed by atoms with van der Waals surface area (Å²) >= 11 is 9.20. The molecule has 0 radical (unpaired) electrons. The van der Waals surface area contributed by atoms with Gasteiger partial charge < -0.3 is 15.3 Å². The fraction of sp³-hybridized carbons (Fsp3) is 0.235.